The number of hydrogen-bond donors (Lipinski definition) is 2. The fourth-order valence-corrected chi connectivity index (χ4v) is 2.93. The molecule has 0 aliphatic rings. The molecular weight excluding hydrogens is 406 g/mol. The number of carbonyl (C=O) groups excluding carboxylic acids is 1. The van der Waals surface area contributed by atoms with Gasteiger partial charge in [0.1, 0.15) is 17.0 Å². The molecule has 3 rings (SSSR count). The third kappa shape index (κ3) is 4.22. The van der Waals surface area contributed by atoms with Gasteiger partial charge < -0.3 is 19.6 Å². The van der Waals surface area contributed by atoms with E-state index in [1.165, 1.54) is 12.1 Å². The van der Waals surface area contributed by atoms with E-state index in [1.807, 2.05) is 0 Å². The van der Waals surface area contributed by atoms with Gasteiger partial charge >= 0.3 is 12.5 Å². The van der Waals surface area contributed by atoms with Crippen LogP contribution in [0.1, 0.15) is 21.7 Å². The molecule has 3 aromatic rings. The molecule has 2 aromatic heterocycles. The second-order valence-corrected chi connectivity index (χ2v) is 6.46. The number of ether oxygens (including phenoxy) is 1. The predicted molar refractivity (Wildman–Crippen MR) is 102 cm³/mol. The van der Waals surface area contributed by atoms with Crippen LogP contribution in [-0.2, 0) is 0 Å². The number of aromatic amines is 1. The van der Waals surface area contributed by atoms with Crippen LogP contribution in [0.4, 0.5) is 23.2 Å². The lowest BCUT2D eigenvalue weighted by Crippen LogP contribution is -2.33. The normalized spacial score (nSPS) is 11.6. The summed E-state index contributed by atoms with van der Waals surface area (Å²) in [6.45, 7) is 3.28. The first kappa shape index (κ1) is 21.2. The minimum atomic E-state index is -4.63. The SMILES string of the molecule is Cc1[nH]c(C)c(-n2cccc2)c(=O)c1C(=O)Nc1ccc(OC(F)(F)C(F)F)cc1. The van der Waals surface area contributed by atoms with Crippen LogP contribution in [-0.4, -0.2) is 28.0 Å². The third-order valence-corrected chi connectivity index (χ3v) is 4.26. The van der Waals surface area contributed by atoms with Crippen molar-refractivity contribution >= 4 is 11.6 Å². The van der Waals surface area contributed by atoms with Gasteiger partial charge in [0, 0.05) is 29.5 Å². The van der Waals surface area contributed by atoms with Crippen molar-refractivity contribution in [3.63, 3.8) is 0 Å². The van der Waals surface area contributed by atoms with Crippen LogP contribution in [0.5, 0.6) is 5.75 Å². The number of hydrogen-bond acceptors (Lipinski definition) is 3. The number of nitrogens with one attached hydrogen (secondary N) is 2. The Morgan fingerprint density at radius 2 is 1.70 bits per heavy atom. The van der Waals surface area contributed by atoms with Gasteiger partial charge in [-0.2, -0.15) is 17.6 Å². The van der Waals surface area contributed by atoms with Crippen LogP contribution in [0.3, 0.4) is 0 Å². The van der Waals surface area contributed by atoms with Gasteiger partial charge in [0.25, 0.3) is 5.91 Å². The Hall–Kier alpha value is -3.56. The molecule has 0 aliphatic carbocycles. The molecule has 2 N–H and O–H groups in total. The van der Waals surface area contributed by atoms with Crippen molar-refractivity contribution < 1.29 is 27.1 Å². The standard InChI is InChI=1S/C20H17F4N3O3/c1-11-15(17(28)16(12(2)25-11)27-9-3-4-10-27)18(29)26-13-5-7-14(8-6-13)30-20(23,24)19(21)22/h3-10,19H,1-2H3,(H,25,28)(H,26,29). The highest BCUT2D eigenvalue weighted by atomic mass is 19.3. The van der Waals surface area contributed by atoms with Gasteiger partial charge in [0.2, 0.25) is 5.43 Å². The van der Waals surface area contributed by atoms with Crippen molar-refractivity contribution in [1.82, 2.24) is 9.55 Å². The van der Waals surface area contributed by atoms with Gasteiger partial charge in [0.15, 0.2) is 0 Å². The molecule has 2 heterocycles. The lowest BCUT2D eigenvalue weighted by molar-refractivity contribution is -0.253. The Morgan fingerprint density at radius 1 is 1.10 bits per heavy atom. The molecule has 1 amide bonds. The van der Waals surface area contributed by atoms with Crippen molar-refractivity contribution in [1.29, 1.82) is 0 Å². The van der Waals surface area contributed by atoms with Crippen molar-refractivity contribution in [2.75, 3.05) is 5.32 Å². The van der Waals surface area contributed by atoms with E-state index in [4.69, 9.17) is 0 Å². The van der Waals surface area contributed by atoms with Gasteiger partial charge in [-0.3, -0.25) is 9.59 Å². The minimum Gasteiger partial charge on any atom is -0.428 e. The number of pyridine rings is 1. The van der Waals surface area contributed by atoms with E-state index in [1.54, 1.807) is 42.9 Å². The number of anilines is 1. The molecule has 30 heavy (non-hydrogen) atoms. The molecule has 0 radical (unpaired) electrons. The number of alkyl halides is 4. The van der Waals surface area contributed by atoms with E-state index in [9.17, 15) is 27.2 Å². The van der Waals surface area contributed by atoms with Gasteiger partial charge in [0.05, 0.1) is 0 Å². The molecule has 1 aromatic carbocycles. The van der Waals surface area contributed by atoms with Crippen LogP contribution >= 0.6 is 0 Å². The average Bonchev–Trinajstić information content (AvgIpc) is 3.16. The lowest BCUT2D eigenvalue weighted by atomic mass is 10.1. The van der Waals surface area contributed by atoms with Crippen LogP contribution in [0.2, 0.25) is 0 Å². The summed E-state index contributed by atoms with van der Waals surface area (Å²) in [5, 5.41) is 2.49. The number of benzene rings is 1. The maximum absolute atomic E-state index is 13.0. The summed E-state index contributed by atoms with van der Waals surface area (Å²) in [4.78, 5) is 28.6. The molecule has 0 unspecified atom stereocenters. The monoisotopic (exact) mass is 423 g/mol. The second kappa shape index (κ2) is 8.05. The first-order valence-corrected chi connectivity index (χ1v) is 8.73. The zero-order chi connectivity index (χ0) is 22.1. The number of nitrogens with zero attached hydrogens (tertiary/aromatic N) is 1. The molecule has 0 atom stereocenters. The number of halogens is 4. The third-order valence-electron chi connectivity index (χ3n) is 4.26. The summed E-state index contributed by atoms with van der Waals surface area (Å²) in [7, 11) is 0. The summed E-state index contributed by atoms with van der Waals surface area (Å²) in [6, 6.07) is 7.87. The maximum Gasteiger partial charge on any atom is 0.461 e. The van der Waals surface area contributed by atoms with Crippen molar-refractivity contribution in [3.8, 4) is 11.4 Å². The zero-order valence-corrected chi connectivity index (χ0v) is 15.9. The minimum absolute atomic E-state index is 0.117. The van der Waals surface area contributed by atoms with Crippen LogP contribution < -0.4 is 15.5 Å². The Labute approximate surface area is 168 Å². The summed E-state index contributed by atoms with van der Waals surface area (Å²) in [5.41, 5.74) is 0.764. The second-order valence-electron chi connectivity index (χ2n) is 6.46. The Bertz CT molecular complexity index is 1110. The van der Waals surface area contributed by atoms with E-state index >= 15 is 0 Å². The first-order chi connectivity index (χ1) is 14.1. The molecule has 6 nitrogen and oxygen atoms in total. The molecule has 158 valence electrons. The Kier molecular flexibility index (Phi) is 5.68. The summed E-state index contributed by atoms with van der Waals surface area (Å²) in [5.74, 6) is -1.22. The van der Waals surface area contributed by atoms with Gasteiger partial charge in [-0.1, -0.05) is 0 Å². The summed E-state index contributed by atoms with van der Waals surface area (Å²) in [6.07, 6.45) is -5.28. The van der Waals surface area contributed by atoms with Crippen LogP contribution in [0.25, 0.3) is 5.69 Å². The van der Waals surface area contributed by atoms with Crippen molar-refractivity contribution in [2.45, 2.75) is 26.4 Å². The highest BCUT2D eigenvalue weighted by molar-refractivity contribution is 6.05. The Balaban J connectivity index is 1.85. The molecule has 0 spiro atoms. The van der Waals surface area contributed by atoms with Gasteiger partial charge in [-0.15, -0.1) is 0 Å². The molecular formula is C20H17F4N3O3. The fraction of sp³-hybridized carbons (Fsp3) is 0.200. The van der Waals surface area contributed by atoms with Gasteiger partial charge in [-0.25, -0.2) is 0 Å². The fourth-order valence-electron chi connectivity index (χ4n) is 2.93. The maximum atomic E-state index is 13.0. The molecule has 10 heteroatoms. The predicted octanol–water partition coefficient (Wildman–Crippen LogP) is 4.27. The molecule has 0 fully saturated rings. The number of carbonyl (C=O) groups is 1. The van der Waals surface area contributed by atoms with Crippen LogP contribution in [0.15, 0.2) is 53.6 Å². The van der Waals surface area contributed by atoms with Crippen LogP contribution in [0, 0.1) is 13.8 Å². The number of rotatable bonds is 6. The molecule has 0 bridgehead atoms. The van der Waals surface area contributed by atoms with E-state index in [0.29, 0.717) is 11.4 Å². The number of H-pyrrole nitrogens is 1. The number of aromatic nitrogens is 2. The zero-order valence-electron chi connectivity index (χ0n) is 15.9. The van der Waals surface area contributed by atoms with E-state index < -0.39 is 29.6 Å². The van der Waals surface area contributed by atoms with Gasteiger partial charge in [-0.05, 0) is 50.2 Å². The Morgan fingerprint density at radius 3 is 2.27 bits per heavy atom. The van der Waals surface area contributed by atoms with Crippen molar-refractivity contribution in [3.05, 3.63) is 76.0 Å². The van der Waals surface area contributed by atoms with E-state index in [-0.39, 0.29) is 16.9 Å². The highest BCUT2D eigenvalue weighted by Gasteiger charge is 2.43. The quantitative estimate of drug-likeness (QED) is 0.582. The highest BCUT2D eigenvalue weighted by Crippen LogP contribution is 2.28. The molecule has 0 saturated carbocycles. The number of amides is 1. The van der Waals surface area contributed by atoms with Crippen molar-refractivity contribution in [2.24, 2.45) is 0 Å². The smallest absolute Gasteiger partial charge is 0.428 e. The van der Waals surface area contributed by atoms with E-state index in [0.717, 1.165) is 12.1 Å². The summed E-state index contributed by atoms with van der Waals surface area (Å²) >= 11 is 0. The number of aryl methyl sites for hydroxylation is 2. The summed E-state index contributed by atoms with van der Waals surface area (Å²) < 4.78 is 55.9. The molecule has 0 saturated heterocycles. The molecule has 0 aliphatic heterocycles. The van der Waals surface area contributed by atoms with E-state index in [2.05, 4.69) is 15.0 Å². The topological polar surface area (TPSA) is 76.1 Å². The average molecular weight is 423 g/mol. The largest absolute Gasteiger partial charge is 0.461 e. The first-order valence-electron chi connectivity index (χ1n) is 8.73. The lowest BCUT2D eigenvalue weighted by Gasteiger charge is -2.17.